The van der Waals surface area contributed by atoms with Crippen molar-refractivity contribution < 1.29 is 28.2 Å². The second-order valence-electron chi connectivity index (χ2n) is 8.87. The number of nitrogens with one attached hydrogen (secondary N) is 1. The molecule has 1 atom stereocenters. The van der Waals surface area contributed by atoms with E-state index in [1.807, 2.05) is 54.6 Å². The van der Waals surface area contributed by atoms with Crippen LogP contribution in [-0.2, 0) is 27.2 Å². The van der Waals surface area contributed by atoms with Crippen LogP contribution in [0.1, 0.15) is 27.0 Å². The third-order valence-electron chi connectivity index (χ3n) is 6.58. The lowest BCUT2D eigenvalue weighted by atomic mass is 9.90. The number of carbonyl (C=O) groups is 3. The van der Waals surface area contributed by atoms with Crippen molar-refractivity contribution in [3.8, 4) is 16.9 Å². The van der Waals surface area contributed by atoms with E-state index in [-0.39, 0.29) is 18.4 Å². The van der Waals surface area contributed by atoms with Gasteiger partial charge in [-0.15, -0.1) is 0 Å². The first kappa shape index (κ1) is 26.5. The number of benzene rings is 4. The average Bonchev–Trinajstić information content (AvgIpc) is 2.92. The Bertz CT molecular complexity index is 1490. The number of hydrogen-bond donors (Lipinski definition) is 1. The number of aryl methyl sites for hydroxylation is 1. The van der Waals surface area contributed by atoms with Gasteiger partial charge in [-0.2, -0.15) is 0 Å². The van der Waals surface area contributed by atoms with Crippen LogP contribution >= 0.6 is 0 Å². The highest BCUT2D eigenvalue weighted by atomic mass is 19.1. The Labute approximate surface area is 220 Å². The molecule has 0 aliphatic rings. The van der Waals surface area contributed by atoms with E-state index in [1.165, 1.54) is 19.2 Å². The SMILES string of the molecule is COC(=O)[C@H](Cc1cccc2c(-c3c(CC=O)cccc3OC)cccc12)NC(=O)c1c(C)cccc1F. The van der Waals surface area contributed by atoms with Gasteiger partial charge in [-0.25, -0.2) is 9.18 Å². The molecule has 194 valence electrons. The molecule has 1 N–H and O–H groups in total. The minimum absolute atomic E-state index is 0.111. The topological polar surface area (TPSA) is 81.7 Å². The van der Waals surface area contributed by atoms with Gasteiger partial charge in [0.2, 0.25) is 0 Å². The molecule has 0 fully saturated rings. The quantitative estimate of drug-likeness (QED) is 0.245. The van der Waals surface area contributed by atoms with Gasteiger partial charge in [0.05, 0.1) is 19.8 Å². The molecule has 0 heterocycles. The summed E-state index contributed by atoms with van der Waals surface area (Å²) in [6.45, 7) is 1.63. The number of aldehydes is 1. The number of fused-ring (bicyclic) bond motifs is 1. The molecule has 6 nitrogen and oxygen atoms in total. The summed E-state index contributed by atoms with van der Waals surface area (Å²) in [7, 11) is 2.83. The van der Waals surface area contributed by atoms with E-state index < -0.39 is 23.7 Å². The molecule has 1 amide bonds. The Balaban J connectivity index is 1.77. The number of carbonyl (C=O) groups excluding carboxylic acids is 3. The van der Waals surface area contributed by atoms with Crippen LogP contribution in [0.25, 0.3) is 21.9 Å². The first-order valence-electron chi connectivity index (χ1n) is 12.1. The molecule has 0 radical (unpaired) electrons. The summed E-state index contributed by atoms with van der Waals surface area (Å²) in [5, 5.41) is 4.41. The predicted molar refractivity (Wildman–Crippen MR) is 144 cm³/mol. The Kier molecular flexibility index (Phi) is 8.16. The zero-order valence-corrected chi connectivity index (χ0v) is 21.4. The van der Waals surface area contributed by atoms with Crippen molar-refractivity contribution in [3.05, 3.63) is 101 Å². The summed E-state index contributed by atoms with van der Waals surface area (Å²) < 4.78 is 25.0. The Morgan fingerprint density at radius 2 is 1.61 bits per heavy atom. The second-order valence-corrected chi connectivity index (χ2v) is 8.87. The molecule has 0 unspecified atom stereocenters. The number of ether oxygens (including phenoxy) is 2. The lowest BCUT2D eigenvalue weighted by Crippen LogP contribution is -2.43. The molecule has 7 heteroatoms. The minimum atomic E-state index is -1.04. The molecule has 0 aliphatic carbocycles. The van der Waals surface area contributed by atoms with Crippen LogP contribution in [0.3, 0.4) is 0 Å². The van der Waals surface area contributed by atoms with Gasteiger partial charge in [-0.1, -0.05) is 60.7 Å². The molecule has 38 heavy (non-hydrogen) atoms. The smallest absolute Gasteiger partial charge is 0.328 e. The third kappa shape index (κ3) is 5.27. The Hall–Kier alpha value is -4.52. The maximum absolute atomic E-state index is 14.4. The van der Waals surface area contributed by atoms with Crippen molar-refractivity contribution in [1.82, 2.24) is 5.32 Å². The van der Waals surface area contributed by atoms with E-state index in [2.05, 4.69) is 5.32 Å². The van der Waals surface area contributed by atoms with Gasteiger partial charge in [0, 0.05) is 18.4 Å². The van der Waals surface area contributed by atoms with Gasteiger partial charge in [0.1, 0.15) is 23.9 Å². The summed E-state index contributed by atoms with van der Waals surface area (Å²) in [5.41, 5.74) is 3.66. The third-order valence-corrected chi connectivity index (χ3v) is 6.58. The van der Waals surface area contributed by atoms with Crippen molar-refractivity contribution in [1.29, 1.82) is 0 Å². The van der Waals surface area contributed by atoms with E-state index >= 15 is 0 Å². The van der Waals surface area contributed by atoms with Crippen LogP contribution in [0.5, 0.6) is 5.75 Å². The monoisotopic (exact) mass is 513 g/mol. The normalized spacial score (nSPS) is 11.6. The zero-order valence-electron chi connectivity index (χ0n) is 21.4. The summed E-state index contributed by atoms with van der Waals surface area (Å²) in [6, 6.07) is 20.4. The molecule has 0 bridgehead atoms. The van der Waals surface area contributed by atoms with Crippen molar-refractivity contribution >= 4 is 28.9 Å². The molecular weight excluding hydrogens is 485 g/mol. The van der Waals surface area contributed by atoms with Gasteiger partial charge in [-0.3, -0.25) is 4.79 Å². The number of methoxy groups -OCH3 is 2. The first-order chi connectivity index (χ1) is 18.4. The van der Waals surface area contributed by atoms with Gasteiger partial charge in [-0.05, 0) is 52.1 Å². The van der Waals surface area contributed by atoms with Crippen LogP contribution in [0.4, 0.5) is 4.39 Å². The molecular formula is C31H28FNO5. The van der Waals surface area contributed by atoms with E-state index in [4.69, 9.17) is 9.47 Å². The molecule has 0 spiro atoms. The molecule has 4 aromatic carbocycles. The Morgan fingerprint density at radius 3 is 2.32 bits per heavy atom. The average molecular weight is 514 g/mol. The highest BCUT2D eigenvalue weighted by Crippen LogP contribution is 2.38. The highest BCUT2D eigenvalue weighted by Gasteiger charge is 2.26. The first-order valence-corrected chi connectivity index (χ1v) is 12.1. The highest BCUT2D eigenvalue weighted by molar-refractivity contribution is 6.01. The number of halogens is 1. The van der Waals surface area contributed by atoms with Crippen molar-refractivity contribution in [2.75, 3.05) is 14.2 Å². The maximum Gasteiger partial charge on any atom is 0.328 e. The van der Waals surface area contributed by atoms with Crippen LogP contribution < -0.4 is 10.1 Å². The summed E-state index contributed by atoms with van der Waals surface area (Å²) in [6.07, 6.45) is 1.21. The number of amides is 1. The molecule has 0 saturated heterocycles. The standard InChI is InChI=1S/C31H28FNO5/c1-19-8-4-14-25(32)28(19)30(35)33-26(31(36)38-3)18-21-10-5-12-23-22(21)11-7-13-24(23)29-20(16-17-34)9-6-15-27(29)37-2/h4-15,17,26H,16,18H2,1-3H3,(H,33,35)/t26-/m0/s1. The summed E-state index contributed by atoms with van der Waals surface area (Å²) >= 11 is 0. The maximum atomic E-state index is 14.4. The largest absolute Gasteiger partial charge is 0.496 e. The lowest BCUT2D eigenvalue weighted by molar-refractivity contribution is -0.142. The molecule has 4 rings (SSSR count). The van der Waals surface area contributed by atoms with Gasteiger partial charge in [0.15, 0.2) is 0 Å². The van der Waals surface area contributed by atoms with Gasteiger partial charge < -0.3 is 19.6 Å². The van der Waals surface area contributed by atoms with E-state index in [9.17, 15) is 18.8 Å². The van der Waals surface area contributed by atoms with E-state index in [1.54, 1.807) is 20.1 Å². The van der Waals surface area contributed by atoms with E-state index in [0.29, 0.717) is 11.3 Å². The predicted octanol–water partition coefficient (Wildman–Crippen LogP) is 5.22. The minimum Gasteiger partial charge on any atom is -0.496 e. The lowest BCUT2D eigenvalue weighted by Gasteiger charge is -2.20. The van der Waals surface area contributed by atoms with Crippen LogP contribution in [0, 0.1) is 12.7 Å². The second kappa shape index (κ2) is 11.7. The molecule has 4 aromatic rings. The fourth-order valence-corrected chi connectivity index (χ4v) is 4.79. The van der Waals surface area contributed by atoms with Gasteiger partial charge >= 0.3 is 5.97 Å². The van der Waals surface area contributed by atoms with Crippen molar-refractivity contribution in [2.24, 2.45) is 0 Å². The number of hydrogen-bond acceptors (Lipinski definition) is 5. The van der Waals surface area contributed by atoms with Crippen LogP contribution in [-0.4, -0.2) is 38.4 Å². The van der Waals surface area contributed by atoms with Crippen LogP contribution in [0.2, 0.25) is 0 Å². The van der Waals surface area contributed by atoms with Crippen LogP contribution in [0.15, 0.2) is 72.8 Å². The zero-order chi connectivity index (χ0) is 27.2. The van der Waals surface area contributed by atoms with Crippen molar-refractivity contribution in [2.45, 2.75) is 25.8 Å². The number of esters is 1. The summed E-state index contributed by atoms with van der Waals surface area (Å²) in [5.74, 6) is -1.35. The van der Waals surface area contributed by atoms with E-state index in [0.717, 1.165) is 39.3 Å². The Morgan fingerprint density at radius 1 is 0.921 bits per heavy atom. The van der Waals surface area contributed by atoms with Crippen molar-refractivity contribution in [3.63, 3.8) is 0 Å². The fourth-order valence-electron chi connectivity index (χ4n) is 4.79. The molecule has 0 aliphatic heterocycles. The number of rotatable bonds is 9. The molecule has 0 aromatic heterocycles. The fraction of sp³-hybridized carbons (Fsp3) is 0.194. The summed E-state index contributed by atoms with van der Waals surface area (Å²) in [4.78, 5) is 37.1. The van der Waals surface area contributed by atoms with Gasteiger partial charge in [0.25, 0.3) is 5.91 Å². The molecule has 0 saturated carbocycles.